The van der Waals surface area contributed by atoms with E-state index in [1.807, 2.05) is 24.3 Å². The lowest BCUT2D eigenvalue weighted by Gasteiger charge is -2.35. The Kier molecular flexibility index (Phi) is 10.4. The van der Waals surface area contributed by atoms with Gasteiger partial charge in [0.05, 0.1) is 20.3 Å². The van der Waals surface area contributed by atoms with Crippen LogP contribution in [0.4, 0.5) is 0 Å². The third kappa shape index (κ3) is 7.35. The summed E-state index contributed by atoms with van der Waals surface area (Å²) in [5.41, 5.74) is 9.14. The Balaban J connectivity index is 1.63. The monoisotopic (exact) mass is 502 g/mol. The predicted molar refractivity (Wildman–Crippen MR) is 150 cm³/mol. The van der Waals surface area contributed by atoms with Crippen LogP contribution in [0.5, 0.6) is 11.5 Å². The number of methoxy groups -OCH3 is 2. The van der Waals surface area contributed by atoms with Gasteiger partial charge in [0, 0.05) is 6.04 Å². The van der Waals surface area contributed by atoms with E-state index in [0.29, 0.717) is 6.04 Å². The van der Waals surface area contributed by atoms with Crippen LogP contribution < -0.4 is 15.2 Å². The van der Waals surface area contributed by atoms with Crippen LogP contribution in [0.1, 0.15) is 67.4 Å². The Bertz CT molecular complexity index is 992. The van der Waals surface area contributed by atoms with Crippen LogP contribution in [0.2, 0.25) is 0 Å². The molecular formula is C32H42N2O3. The van der Waals surface area contributed by atoms with Crippen molar-refractivity contribution in [1.29, 1.82) is 0 Å². The first kappa shape index (κ1) is 27.2. The van der Waals surface area contributed by atoms with Crippen LogP contribution >= 0.6 is 0 Å². The van der Waals surface area contributed by atoms with Crippen molar-refractivity contribution in [1.82, 2.24) is 4.90 Å². The van der Waals surface area contributed by atoms with E-state index in [-0.39, 0.29) is 12.2 Å². The maximum absolute atomic E-state index is 7.18. The van der Waals surface area contributed by atoms with Gasteiger partial charge in [-0.2, -0.15) is 0 Å². The standard InChI is InChI=1S/C32H42N2O3/c1-35-28-18-14-26(15-19-28)31(27-16-20-29(36-2)21-17-27)37-32(25-11-6-5-7-12-25)30-13-10-24-34(30)23-9-4-3-8-22-33/h5-7,11-12,14-21,30-32H,3-4,8-10,13,22-24,33H2,1-2H3. The summed E-state index contributed by atoms with van der Waals surface area (Å²) < 4.78 is 18.0. The average Bonchev–Trinajstić information content (AvgIpc) is 3.42. The second-order valence-electron chi connectivity index (χ2n) is 9.84. The average molecular weight is 503 g/mol. The van der Waals surface area contributed by atoms with Gasteiger partial charge in [-0.3, -0.25) is 4.90 Å². The molecule has 0 aromatic heterocycles. The number of ether oxygens (including phenoxy) is 3. The number of benzene rings is 3. The molecule has 4 rings (SSSR count). The molecule has 1 aliphatic heterocycles. The van der Waals surface area contributed by atoms with Crippen molar-refractivity contribution < 1.29 is 14.2 Å². The second-order valence-corrected chi connectivity index (χ2v) is 9.84. The first-order valence-electron chi connectivity index (χ1n) is 13.7. The first-order chi connectivity index (χ1) is 18.2. The third-order valence-corrected chi connectivity index (χ3v) is 7.41. The first-order valence-corrected chi connectivity index (χ1v) is 13.7. The molecule has 2 N–H and O–H groups in total. The number of rotatable bonds is 14. The van der Waals surface area contributed by atoms with Crippen LogP contribution in [0.3, 0.4) is 0 Å². The number of nitrogens with zero attached hydrogens (tertiary/aromatic N) is 1. The molecule has 3 aromatic carbocycles. The van der Waals surface area contributed by atoms with Crippen molar-refractivity contribution >= 4 is 0 Å². The number of hydrogen-bond donors (Lipinski definition) is 1. The highest BCUT2D eigenvalue weighted by molar-refractivity contribution is 5.37. The number of unbranched alkanes of at least 4 members (excludes halogenated alkanes) is 3. The molecule has 1 saturated heterocycles. The van der Waals surface area contributed by atoms with Crippen molar-refractivity contribution in [2.45, 2.75) is 56.8 Å². The lowest BCUT2D eigenvalue weighted by Crippen LogP contribution is -2.37. The highest BCUT2D eigenvalue weighted by Crippen LogP contribution is 2.39. The van der Waals surface area contributed by atoms with Crippen molar-refractivity contribution in [3.05, 3.63) is 95.6 Å². The van der Waals surface area contributed by atoms with E-state index >= 15 is 0 Å². The summed E-state index contributed by atoms with van der Waals surface area (Å²) in [6.07, 6.45) is 6.86. The minimum atomic E-state index is -0.214. The van der Waals surface area contributed by atoms with Gasteiger partial charge in [0.1, 0.15) is 17.6 Å². The smallest absolute Gasteiger partial charge is 0.118 e. The van der Waals surface area contributed by atoms with Gasteiger partial charge in [0.25, 0.3) is 0 Å². The number of hydrogen-bond acceptors (Lipinski definition) is 5. The molecule has 0 saturated carbocycles. The van der Waals surface area contributed by atoms with E-state index in [4.69, 9.17) is 19.9 Å². The molecule has 0 aliphatic carbocycles. The molecule has 0 bridgehead atoms. The molecular weight excluding hydrogens is 460 g/mol. The largest absolute Gasteiger partial charge is 0.497 e. The number of nitrogens with two attached hydrogens (primary N) is 1. The Hall–Kier alpha value is -2.86. The van der Waals surface area contributed by atoms with Crippen LogP contribution in [-0.4, -0.2) is 44.8 Å². The van der Waals surface area contributed by atoms with Crippen molar-refractivity contribution in [3.63, 3.8) is 0 Å². The van der Waals surface area contributed by atoms with Crippen LogP contribution in [0.15, 0.2) is 78.9 Å². The van der Waals surface area contributed by atoms with Gasteiger partial charge in [-0.15, -0.1) is 0 Å². The number of likely N-dealkylation sites (tertiary alicyclic amines) is 1. The molecule has 5 nitrogen and oxygen atoms in total. The van der Waals surface area contributed by atoms with Gasteiger partial charge in [0.2, 0.25) is 0 Å². The molecule has 1 fully saturated rings. The molecule has 0 spiro atoms. The zero-order valence-electron chi connectivity index (χ0n) is 22.4. The lowest BCUT2D eigenvalue weighted by atomic mass is 9.96. The topological polar surface area (TPSA) is 57.0 Å². The van der Waals surface area contributed by atoms with Crippen LogP contribution in [0.25, 0.3) is 0 Å². The fraction of sp³-hybridized carbons (Fsp3) is 0.438. The molecule has 0 radical (unpaired) electrons. The van der Waals surface area contributed by atoms with Gasteiger partial charge in [-0.1, -0.05) is 67.4 Å². The summed E-state index contributed by atoms with van der Waals surface area (Å²) in [4.78, 5) is 2.65. The third-order valence-electron chi connectivity index (χ3n) is 7.41. The zero-order valence-corrected chi connectivity index (χ0v) is 22.4. The van der Waals surface area contributed by atoms with Crippen LogP contribution in [0, 0.1) is 0 Å². The molecule has 0 amide bonds. The maximum Gasteiger partial charge on any atom is 0.118 e. The Morgan fingerprint density at radius 3 is 1.92 bits per heavy atom. The minimum Gasteiger partial charge on any atom is -0.497 e. The summed E-state index contributed by atoms with van der Waals surface area (Å²) in [5.74, 6) is 1.68. The van der Waals surface area contributed by atoms with Gasteiger partial charge in [-0.25, -0.2) is 0 Å². The fourth-order valence-electron chi connectivity index (χ4n) is 5.37. The van der Waals surface area contributed by atoms with Crippen LogP contribution in [-0.2, 0) is 4.74 Å². The van der Waals surface area contributed by atoms with Gasteiger partial charge in [-0.05, 0) is 86.3 Å². The van der Waals surface area contributed by atoms with E-state index in [2.05, 4.69) is 59.5 Å². The van der Waals surface area contributed by atoms with Gasteiger partial charge in [0.15, 0.2) is 0 Å². The van der Waals surface area contributed by atoms with E-state index in [0.717, 1.165) is 55.1 Å². The maximum atomic E-state index is 7.18. The normalized spacial score (nSPS) is 16.7. The van der Waals surface area contributed by atoms with Crippen molar-refractivity contribution in [2.75, 3.05) is 33.9 Å². The predicted octanol–water partition coefficient (Wildman–Crippen LogP) is 6.53. The summed E-state index contributed by atoms with van der Waals surface area (Å²) in [6, 6.07) is 27.6. The SMILES string of the molecule is COc1ccc(C(OC(c2ccccc2)C2CCCN2CCCCCCN)c2ccc(OC)cc2)cc1. The fourth-order valence-corrected chi connectivity index (χ4v) is 5.37. The minimum absolute atomic E-state index is 0.0399. The molecule has 37 heavy (non-hydrogen) atoms. The molecule has 5 heteroatoms. The second kappa shape index (κ2) is 14.2. The molecule has 2 unspecified atom stereocenters. The highest BCUT2D eigenvalue weighted by atomic mass is 16.5. The van der Waals surface area contributed by atoms with Crippen molar-refractivity contribution in [3.8, 4) is 11.5 Å². The van der Waals surface area contributed by atoms with E-state index in [1.165, 1.54) is 31.2 Å². The summed E-state index contributed by atoms with van der Waals surface area (Å²) in [5, 5.41) is 0. The zero-order chi connectivity index (χ0) is 25.9. The summed E-state index contributed by atoms with van der Waals surface area (Å²) in [7, 11) is 3.39. The summed E-state index contributed by atoms with van der Waals surface area (Å²) >= 11 is 0. The van der Waals surface area contributed by atoms with Gasteiger partial charge >= 0.3 is 0 Å². The van der Waals surface area contributed by atoms with E-state index in [1.54, 1.807) is 14.2 Å². The highest BCUT2D eigenvalue weighted by Gasteiger charge is 2.35. The van der Waals surface area contributed by atoms with Gasteiger partial charge < -0.3 is 19.9 Å². The van der Waals surface area contributed by atoms with E-state index < -0.39 is 0 Å². The molecule has 2 atom stereocenters. The Morgan fingerprint density at radius 1 is 0.757 bits per heavy atom. The molecule has 1 aliphatic rings. The van der Waals surface area contributed by atoms with Crippen molar-refractivity contribution in [2.24, 2.45) is 5.73 Å². The van der Waals surface area contributed by atoms with E-state index in [9.17, 15) is 0 Å². The molecule has 198 valence electrons. The lowest BCUT2D eigenvalue weighted by molar-refractivity contribution is -0.0383. The Morgan fingerprint density at radius 2 is 1.35 bits per heavy atom. The Labute approximate surface area is 222 Å². The summed E-state index contributed by atoms with van der Waals surface area (Å²) in [6.45, 7) is 3.02. The molecule has 3 aromatic rings. The molecule has 1 heterocycles. The quantitative estimate of drug-likeness (QED) is 0.254.